The third kappa shape index (κ3) is 5.43. The van der Waals surface area contributed by atoms with Crippen molar-refractivity contribution in [3.05, 3.63) is 29.8 Å². The van der Waals surface area contributed by atoms with E-state index in [1.165, 1.54) is 0 Å². The zero-order chi connectivity index (χ0) is 14.3. The van der Waals surface area contributed by atoms with Crippen molar-refractivity contribution in [3.8, 4) is 6.07 Å². The first-order chi connectivity index (χ1) is 9.02. The summed E-state index contributed by atoms with van der Waals surface area (Å²) >= 11 is 0. The van der Waals surface area contributed by atoms with Gasteiger partial charge >= 0.3 is 5.97 Å². The van der Waals surface area contributed by atoms with Crippen LogP contribution in [0, 0.1) is 17.2 Å². The number of nitriles is 1. The smallest absolute Gasteiger partial charge is 0.306 e. The average Bonchev–Trinajstić information content (AvgIpc) is 2.39. The third-order valence-corrected chi connectivity index (χ3v) is 3.12. The second kappa shape index (κ2) is 7.42. The number of carbonyl (C=O) groups is 1. The average molecular weight is 260 g/mol. The van der Waals surface area contributed by atoms with E-state index in [2.05, 4.69) is 18.3 Å². The van der Waals surface area contributed by atoms with Crippen LogP contribution in [0.25, 0.3) is 0 Å². The third-order valence-electron chi connectivity index (χ3n) is 3.12. The lowest BCUT2D eigenvalue weighted by Crippen LogP contribution is -2.16. The van der Waals surface area contributed by atoms with Gasteiger partial charge in [-0.3, -0.25) is 4.79 Å². The molecule has 19 heavy (non-hydrogen) atoms. The van der Waals surface area contributed by atoms with Crippen molar-refractivity contribution in [1.82, 2.24) is 0 Å². The topological polar surface area (TPSA) is 73.1 Å². The number of hydrogen-bond donors (Lipinski definition) is 2. The molecule has 0 bridgehead atoms. The minimum atomic E-state index is -0.729. The highest BCUT2D eigenvalue weighted by Gasteiger charge is 2.11. The quantitative estimate of drug-likeness (QED) is 0.789. The zero-order valence-corrected chi connectivity index (χ0v) is 11.4. The molecule has 2 atom stereocenters. The second-order valence-corrected chi connectivity index (χ2v) is 4.90. The normalized spacial score (nSPS) is 13.3. The lowest BCUT2D eigenvalue weighted by atomic mass is 10.0. The van der Waals surface area contributed by atoms with Crippen LogP contribution in [0.15, 0.2) is 24.3 Å². The summed E-state index contributed by atoms with van der Waals surface area (Å²) in [5.74, 6) is -1.00. The fourth-order valence-corrected chi connectivity index (χ4v) is 1.85. The van der Waals surface area contributed by atoms with Crippen molar-refractivity contribution in [1.29, 1.82) is 5.26 Å². The fourth-order valence-electron chi connectivity index (χ4n) is 1.85. The molecule has 1 aromatic rings. The number of carboxylic acids is 1. The predicted molar refractivity (Wildman–Crippen MR) is 74.9 cm³/mol. The van der Waals surface area contributed by atoms with Crippen LogP contribution in [0.1, 0.15) is 38.7 Å². The minimum Gasteiger partial charge on any atom is -0.481 e. The molecule has 0 amide bonds. The van der Waals surface area contributed by atoms with Gasteiger partial charge in [-0.15, -0.1) is 0 Å². The van der Waals surface area contributed by atoms with E-state index < -0.39 is 5.97 Å². The number of hydrogen-bond acceptors (Lipinski definition) is 3. The Labute approximate surface area is 114 Å². The van der Waals surface area contributed by atoms with Gasteiger partial charge in [0.05, 0.1) is 17.6 Å². The van der Waals surface area contributed by atoms with Crippen LogP contribution >= 0.6 is 0 Å². The Morgan fingerprint density at radius 1 is 1.32 bits per heavy atom. The molecule has 0 saturated heterocycles. The van der Waals surface area contributed by atoms with Crippen molar-refractivity contribution < 1.29 is 9.90 Å². The largest absolute Gasteiger partial charge is 0.481 e. The summed E-state index contributed by atoms with van der Waals surface area (Å²) in [5, 5.41) is 20.8. The molecule has 1 rings (SSSR count). The maximum absolute atomic E-state index is 10.7. The first-order valence-electron chi connectivity index (χ1n) is 6.52. The highest BCUT2D eigenvalue weighted by molar-refractivity contribution is 5.69. The number of nitrogens with zero attached hydrogens (tertiary/aromatic N) is 1. The summed E-state index contributed by atoms with van der Waals surface area (Å²) in [4.78, 5) is 10.7. The second-order valence-electron chi connectivity index (χ2n) is 4.90. The molecule has 0 aliphatic heterocycles. The van der Waals surface area contributed by atoms with Crippen molar-refractivity contribution in [2.45, 2.75) is 39.2 Å². The molecule has 4 heteroatoms. The summed E-state index contributed by atoms with van der Waals surface area (Å²) in [5.41, 5.74) is 1.63. The van der Waals surface area contributed by atoms with E-state index in [-0.39, 0.29) is 12.0 Å². The molecule has 102 valence electrons. The molecule has 0 aliphatic rings. The summed E-state index contributed by atoms with van der Waals surface area (Å²) < 4.78 is 0. The number of benzene rings is 1. The van der Waals surface area contributed by atoms with E-state index in [1.807, 2.05) is 12.1 Å². The maximum atomic E-state index is 10.7. The van der Waals surface area contributed by atoms with E-state index in [4.69, 9.17) is 10.4 Å². The van der Waals surface area contributed by atoms with Gasteiger partial charge in [0, 0.05) is 11.7 Å². The first kappa shape index (κ1) is 15.0. The Balaban J connectivity index is 2.32. The molecule has 0 aliphatic carbocycles. The first-order valence-corrected chi connectivity index (χ1v) is 6.52. The molecule has 0 heterocycles. The zero-order valence-electron chi connectivity index (χ0n) is 11.4. The molecule has 4 nitrogen and oxygen atoms in total. The Hall–Kier alpha value is -2.02. The SMILES string of the molecule is CC(CCCC(C)C(=O)O)Nc1ccc(C#N)cc1. The fraction of sp³-hybridized carbons (Fsp3) is 0.467. The maximum Gasteiger partial charge on any atom is 0.306 e. The molecule has 2 unspecified atom stereocenters. The van der Waals surface area contributed by atoms with Crippen molar-refractivity contribution in [2.75, 3.05) is 5.32 Å². The Kier molecular flexibility index (Phi) is 5.87. The van der Waals surface area contributed by atoms with E-state index >= 15 is 0 Å². The van der Waals surface area contributed by atoms with Crippen LogP contribution in [0.3, 0.4) is 0 Å². The van der Waals surface area contributed by atoms with Crippen LogP contribution < -0.4 is 5.32 Å². The number of carboxylic acid groups (broad SMARTS) is 1. The summed E-state index contributed by atoms with van der Waals surface area (Å²) in [7, 11) is 0. The van der Waals surface area contributed by atoms with Crippen LogP contribution in [0.4, 0.5) is 5.69 Å². The number of rotatable bonds is 7. The summed E-state index contributed by atoms with van der Waals surface area (Å²) in [6, 6.07) is 9.69. The molecular formula is C15H20N2O2. The minimum absolute atomic E-state index is 0.276. The van der Waals surface area contributed by atoms with Crippen LogP contribution in [-0.2, 0) is 4.79 Å². The molecule has 2 N–H and O–H groups in total. The molecule has 0 aromatic heterocycles. The van der Waals surface area contributed by atoms with E-state index in [0.29, 0.717) is 12.0 Å². The highest BCUT2D eigenvalue weighted by Crippen LogP contribution is 2.14. The van der Waals surface area contributed by atoms with E-state index in [1.54, 1.807) is 19.1 Å². The van der Waals surface area contributed by atoms with Crippen LogP contribution in [0.5, 0.6) is 0 Å². The molecule has 0 fully saturated rings. The van der Waals surface area contributed by atoms with Gasteiger partial charge in [0.15, 0.2) is 0 Å². The molecule has 0 radical (unpaired) electrons. The monoisotopic (exact) mass is 260 g/mol. The lowest BCUT2D eigenvalue weighted by Gasteiger charge is -2.15. The van der Waals surface area contributed by atoms with Gasteiger partial charge < -0.3 is 10.4 Å². The molecular weight excluding hydrogens is 240 g/mol. The standard InChI is InChI=1S/C15H20N2O2/c1-11(15(18)19)4-3-5-12(2)17-14-8-6-13(10-16)7-9-14/h6-9,11-12,17H,3-5H2,1-2H3,(H,18,19). The Bertz CT molecular complexity index is 448. The van der Waals surface area contributed by atoms with Gasteiger partial charge in [0.2, 0.25) is 0 Å². The summed E-state index contributed by atoms with van der Waals surface area (Å²) in [6.45, 7) is 3.81. The number of anilines is 1. The molecule has 0 spiro atoms. The van der Waals surface area contributed by atoms with Crippen LogP contribution in [-0.4, -0.2) is 17.1 Å². The summed E-state index contributed by atoms with van der Waals surface area (Å²) in [6.07, 6.45) is 2.52. The molecule has 0 saturated carbocycles. The highest BCUT2D eigenvalue weighted by atomic mass is 16.4. The van der Waals surface area contributed by atoms with Crippen molar-refractivity contribution in [2.24, 2.45) is 5.92 Å². The van der Waals surface area contributed by atoms with E-state index in [9.17, 15) is 4.79 Å². The molecule has 1 aromatic carbocycles. The van der Waals surface area contributed by atoms with Gasteiger partial charge in [0.25, 0.3) is 0 Å². The Morgan fingerprint density at radius 3 is 2.47 bits per heavy atom. The number of nitrogens with one attached hydrogen (secondary N) is 1. The van der Waals surface area contributed by atoms with Gasteiger partial charge in [0.1, 0.15) is 0 Å². The predicted octanol–water partition coefficient (Wildman–Crippen LogP) is 3.25. The van der Waals surface area contributed by atoms with Gasteiger partial charge in [-0.1, -0.05) is 13.3 Å². The lowest BCUT2D eigenvalue weighted by molar-refractivity contribution is -0.141. The van der Waals surface area contributed by atoms with Crippen molar-refractivity contribution >= 4 is 11.7 Å². The van der Waals surface area contributed by atoms with Gasteiger partial charge in [-0.2, -0.15) is 5.26 Å². The van der Waals surface area contributed by atoms with Gasteiger partial charge in [-0.25, -0.2) is 0 Å². The number of aliphatic carboxylic acids is 1. The van der Waals surface area contributed by atoms with Crippen LogP contribution in [0.2, 0.25) is 0 Å². The van der Waals surface area contributed by atoms with Crippen molar-refractivity contribution in [3.63, 3.8) is 0 Å². The van der Waals surface area contributed by atoms with Gasteiger partial charge in [-0.05, 0) is 44.0 Å². The Morgan fingerprint density at radius 2 is 1.95 bits per heavy atom. The van der Waals surface area contributed by atoms with E-state index in [0.717, 1.165) is 18.5 Å².